The van der Waals surface area contributed by atoms with E-state index in [9.17, 15) is 40.9 Å². The summed E-state index contributed by atoms with van der Waals surface area (Å²) in [6, 6.07) is 10.9. The number of aryl methyl sites for hydroxylation is 2. The van der Waals surface area contributed by atoms with E-state index in [1.54, 1.807) is 12.1 Å². The van der Waals surface area contributed by atoms with Gasteiger partial charge in [0.1, 0.15) is 61.0 Å². The summed E-state index contributed by atoms with van der Waals surface area (Å²) in [4.78, 5) is 0. The summed E-state index contributed by atoms with van der Waals surface area (Å²) in [7, 11) is 0. The Labute approximate surface area is 208 Å². The van der Waals surface area contributed by atoms with Gasteiger partial charge in [-0.05, 0) is 47.2 Å². The van der Waals surface area contributed by atoms with Gasteiger partial charge in [0.25, 0.3) is 0 Å². The van der Waals surface area contributed by atoms with Crippen molar-refractivity contribution in [3.05, 3.63) is 58.7 Å². The van der Waals surface area contributed by atoms with Crippen LogP contribution >= 0.6 is 0 Å². The fourth-order valence-corrected chi connectivity index (χ4v) is 5.09. The maximum atomic E-state index is 10.5. The molecule has 0 bridgehead atoms. The second kappa shape index (κ2) is 10.8. The van der Waals surface area contributed by atoms with Crippen molar-refractivity contribution in [1.82, 2.24) is 0 Å². The van der Waals surface area contributed by atoms with Crippen LogP contribution in [-0.2, 0) is 9.47 Å². The van der Waals surface area contributed by atoms with Crippen LogP contribution in [0.5, 0.6) is 0 Å². The molecular formula is C26H34O10. The maximum Gasteiger partial charge on any atom is 0.113 e. The van der Waals surface area contributed by atoms with Gasteiger partial charge in [-0.15, -0.1) is 0 Å². The first-order valence-corrected chi connectivity index (χ1v) is 11.9. The summed E-state index contributed by atoms with van der Waals surface area (Å²) in [5, 5.41) is 80.2. The molecule has 2 fully saturated rings. The fraction of sp³-hybridized carbons (Fsp3) is 0.538. The van der Waals surface area contributed by atoms with Crippen molar-refractivity contribution >= 4 is 0 Å². The van der Waals surface area contributed by atoms with Crippen LogP contribution in [0.4, 0.5) is 0 Å². The lowest BCUT2D eigenvalue weighted by Crippen LogP contribution is -2.55. The smallest absolute Gasteiger partial charge is 0.113 e. The van der Waals surface area contributed by atoms with Crippen molar-refractivity contribution in [2.45, 2.75) is 74.9 Å². The lowest BCUT2D eigenvalue weighted by molar-refractivity contribution is -0.231. The number of benzene rings is 2. The van der Waals surface area contributed by atoms with E-state index in [1.807, 2.05) is 38.1 Å². The van der Waals surface area contributed by atoms with Crippen LogP contribution < -0.4 is 0 Å². The third kappa shape index (κ3) is 4.82. The first-order chi connectivity index (χ1) is 17.1. The Kier molecular flexibility index (Phi) is 8.13. The molecule has 0 spiro atoms. The number of rotatable bonds is 5. The zero-order chi connectivity index (χ0) is 26.3. The van der Waals surface area contributed by atoms with Crippen LogP contribution in [0.15, 0.2) is 36.4 Å². The van der Waals surface area contributed by atoms with Gasteiger partial charge in [-0.25, -0.2) is 0 Å². The Bertz CT molecular complexity index is 1060. The van der Waals surface area contributed by atoms with Gasteiger partial charge in [0, 0.05) is 0 Å². The average molecular weight is 507 g/mol. The Morgan fingerprint density at radius 2 is 1.17 bits per heavy atom. The fourth-order valence-electron chi connectivity index (χ4n) is 5.09. The van der Waals surface area contributed by atoms with Crippen LogP contribution in [0.3, 0.4) is 0 Å². The largest absolute Gasteiger partial charge is 0.394 e. The molecule has 4 rings (SSSR count). The zero-order valence-corrected chi connectivity index (χ0v) is 20.0. The van der Waals surface area contributed by atoms with Crippen LogP contribution in [0.1, 0.15) is 34.5 Å². The summed E-state index contributed by atoms with van der Waals surface area (Å²) >= 11 is 0. The van der Waals surface area contributed by atoms with E-state index in [2.05, 4.69) is 0 Å². The SMILES string of the molecule is Cc1cc(C2OC(CO)C(O)C(O)C2O)ccc1-c1ccc(C2OC(CO)C(O)C(O)C2O)c(C)c1. The molecule has 10 nitrogen and oxygen atoms in total. The Morgan fingerprint density at radius 3 is 1.69 bits per heavy atom. The van der Waals surface area contributed by atoms with Crippen molar-refractivity contribution in [2.24, 2.45) is 0 Å². The first-order valence-electron chi connectivity index (χ1n) is 11.9. The average Bonchev–Trinajstić information content (AvgIpc) is 2.86. The molecule has 8 N–H and O–H groups in total. The number of aliphatic hydroxyl groups excluding tert-OH is 8. The molecule has 36 heavy (non-hydrogen) atoms. The van der Waals surface area contributed by atoms with E-state index >= 15 is 0 Å². The van der Waals surface area contributed by atoms with Crippen LogP contribution in [-0.4, -0.2) is 103 Å². The van der Waals surface area contributed by atoms with Crippen molar-refractivity contribution < 1.29 is 50.3 Å². The van der Waals surface area contributed by atoms with E-state index in [4.69, 9.17) is 9.47 Å². The lowest BCUT2D eigenvalue weighted by atomic mass is 9.87. The van der Waals surface area contributed by atoms with E-state index in [-0.39, 0.29) is 0 Å². The van der Waals surface area contributed by atoms with Crippen LogP contribution in [0, 0.1) is 13.8 Å². The van der Waals surface area contributed by atoms with Gasteiger partial charge >= 0.3 is 0 Å². The molecule has 2 saturated heterocycles. The van der Waals surface area contributed by atoms with Gasteiger partial charge < -0.3 is 50.3 Å². The molecule has 198 valence electrons. The van der Waals surface area contributed by atoms with Crippen molar-refractivity contribution in [3.63, 3.8) is 0 Å². The Balaban J connectivity index is 1.59. The molecule has 2 heterocycles. The standard InChI is InChI=1S/C26H34O10/c1-11-8-14(25-23(33)21(31)19(29)17(9-27)35-25)4-5-15(11)13-3-6-16(12(2)7-13)26-24(34)22(32)20(30)18(10-28)36-26/h3-8,17-34H,9-10H2,1-2H3. The van der Waals surface area contributed by atoms with Crippen LogP contribution in [0.25, 0.3) is 11.1 Å². The molecule has 0 radical (unpaired) electrons. The quantitative estimate of drug-likeness (QED) is 0.251. The highest BCUT2D eigenvalue weighted by Crippen LogP contribution is 2.37. The number of hydrogen-bond donors (Lipinski definition) is 8. The summed E-state index contributed by atoms with van der Waals surface area (Å²) in [6.45, 7) is 2.71. The summed E-state index contributed by atoms with van der Waals surface area (Å²) in [5.41, 5.74) is 4.57. The molecule has 0 amide bonds. The number of ether oxygens (including phenoxy) is 2. The van der Waals surface area contributed by atoms with Gasteiger partial charge in [0.2, 0.25) is 0 Å². The second-order valence-corrected chi connectivity index (χ2v) is 9.64. The highest BCUT2D eigenvalue weighted by Gasteiger charge is 2.45. The molecule has 0 aromatic heterocycles. The van der Waals surface area contributed by atoms with Gasteiger partial charge in [0.15, 0.2) is 0 Å². The molecule has 10 unspecified atom stereocenters. The molecular weight excluding hydrogens is 472 g/mol. The lowest BCUT2D eigenvalue weighted by Gasteiger charge is -2.40. The minimum Gasteiger partial charge on any atom is -0.394 e. The third-order valence-electron chi connectivity index (χ3n) is 7.25. The highest BCUT2D eigenvalue weighted by molar-refractivity contribution is 5.69. The molecule has 2 aliphatic rings. The van der Waals surface area contributed by atoms with E-state index in [0.717, 1.165) is 22.3 Å². The summed E-state index contributed by atoms with van der Waals surface area (Å²) in [6.07, 6.45) is -12.4. The summed E-state index contributed by atoms with van der Waals surface area (Å²) in [5.74, 6) is 0. The van der Waals surface area contributed by atoms with Crippen molar-refractivity contribution in [1.29, 1.82) is 0 Å². The highest BCUT2D eigenvalue weighted by atomic mass is 16.6. The number of hydrogen-bond acceptors (Lipinski definition) is 10. The molecule has 10 atom stereocenters. The molecule has 10 heteroatoms. The van der Waals surface area contributed by atoms with Gasteiger partial charge in [-0.1, -0.05) is 36.4 Å². The maximum absolute atomic E-state index is 10.5. The van der Waals surface area contributed by atoms with Crippen molar-refractivity contribution in [2.75, 3.05) is 13.2 Å². The topological polar surface area (TPSA) is 180 Å². The van der Waals surface area contributed by atoms with Crippen LogP contribution in [0.2, 0.25) is 0 Å². The molecule has 2 aromatic rings. The number of aliphatic hydroxyl groups is 8. The van der Waals surface area contributed by atoms with E-state index < -0.39 is 74.3 Å². The predicted molar refractivity (Wildman–Crippen MR) is 127 cm³/mol. The van der Waals surface area contributed by atoms with Crippen molar-refractivity contribution in [3.8, 4) is 11.1 Å². The Hall–Kier alpha value is -1.96. The third-order valence-corrected chi connectivity index (χ3v) is 7.25. The summed E-state index contributed by atoms with van der Waals surface area (Å²) < 4.78 is 11.3. The normalized spacial score (nSPS) is 37.2. The predicted octanol–water partition coefficient (Wildman–Crippen LogP) is -1.000. The molecule has 0 saturated carbocycles. The van der Waals surface area contributed by atoms with Gasteiger partial charge in [-0.2, -0.15) is 0 Å². The van der Waals surface area contributed by atoms with E-state index in [0.29, 0.717) is 11.1 Å². The first kappa shape index (κ1) is 27.1. The second-order valence-electron chi connectivity index (χ2n) is 9.64. The zero-order valence-electron chi connectivity index (χ0n) is 20.0. The minimum atomic E-state index is -1.46. The van der Waals surface area contributed by atoms with Gasteiger partial charge in [0.05, 0.1) is 13.2 Å². The monoisotopic (exact) mass is 506 g/mol. The molecule has 2 aliphatic heterocycles. The van der Waals surface area contributed by atoms with Gasteiger partial charge in [-0.3, -0.25) is 0 Å². The Morgan fingerprint density at radius 1 is 0.611 bits per heavy atom. The molecule has 0 aliphatic carbocycles. The minimum absolute atomic E-state index is 0.501. The molecule has 2 aromatic carbocycles. The van der Waals surface area contributed by atoms with E-state index in [1.165, 1.54) is 0 Å².